The summed E-state index contributed by atoms with van der Waals surface area (Å²) in [5, 5.41) is 35.2. The lowest BCUT2D eigenvalue weighted by atomic mass is 10.1. The van der Waals surface area contributed by atoms with E-state index in [1.165, 1.54) is 6.34 Å². The van der Waals surface area contributed by atoms with Crippen molar-refractivity contribution in [3.8, 4) is 0 Å². The summed E-state index contributed by atoms with van der Waals surface area (Å²) in [5.74, 6) is -0.784. The lowest BCUT2D eigenvalue weighted by Gasteiger charge is -2.18. The molecule has 2 aliphatic rings. The van der Waals surface area contributed by atoms with E-state index in [4.69, 9.17) is 20.9 Å². The Labute approximate surface area is 143 Å². The quantitative estimate of drug-likeness (QED) is 0.172. The maximum absolute atomic E-state index is 11.5. The van der Waals surface area contributed by atoms with Crippen molar-refractivity contribution in [3.05, 3.63) is 0 Å². The highest BCUT2D eigenvalue weighted by atomic mass is 16.6. The lowest BCUT2D eigenvalue weighted by Crippen LogP contribution is -2.49. The molecule has 9 N–H and O–H groups in total. The Morgan fingerprint density at radius 2 is 2.04 bits per heavy atom. The molecule has 12 heteroatoms. The number of nitrogens with one attached hydrogen (secondary N) is 2. The third kappa shape index (κ3) is 4.35. The van der Waals surface area contributed by atoms with Gasteiger partial charge in [0, 0.05) is 6.54 Å². The molecule has 0 aromatic heterocycles. The Morgan fingerprint density at radius 1 is 1.32 bits per heavy atom. The highest BCUT2D eigenvalue weighted by molar-refractivity contribution is 5.83. The van der Waals surface area contributed by atoms with Crippen LogP contribution in [0, 0.1) is 0 Å². The van der Waals surface area contributed by atoms with Gasteiger partial charge in [-0.1, -0.05) is 0 Å². The van der Waals surface area contributed by atoms with Crippen LogP contribution in [0.1, 0.15) is 6.42 Å². The Kier molecular flexibility index (Phi) is 6.50. The van der Waals surface area contributed by atoms with Crippen LogP contribution in [0.4, 0.5) is 4.79 Å². The van der Waals surface area contributed by atoms with E-state index in [1.54, 1.807) is 0 Å². The van der Waals surface area contributed by atoms with Gasteiger partial charge in [-0.05, 0) is 13.0 Å². The summed E-state index contributed by atoms with van der Waals surface area (Å²) < 4.78 is 11.5. The molecule has 1 saturated heterocycles. The maximum Gasteiger partial charge on any atom is 0.407 e. The number of amides is 2. The van der Waals surface area contributed by atoms with Crippen molar-refractivity contribution in [2.75, 3.05) is 19.7 Å². The first-order valence-corrected chi connectivity index (χ1v) is 7.83. The number of nitrogens with two attached hydrogens (primary N) is 2. The van der Waals surface area contributed by atoms with Gasteiger partial charge in [0.1, 0.15) is 24.9 Å². The van der Waals surface area contributed by atoms with Gasteiger partial charge in [0.15, 0.2) is 0 Å². The minimum Gasteiger partial charge on any atom is -0.447 e. The third-order valence-electron chi connectivity index (χ3n) is 3.97. The number of alkyl carbamates (subject to hydrolysis) is 1. The molecule has 2 rings (SSSR count). The lowest BCUT2D eigenvalue weighted by molar-refractivity contribution is -0.670. The highest BCUT2D eigenvalue weighted by Gasteiger charge is 2.52. The minimum absolute atomic E-state index is 0.306. The van der Waals surface area contributed by atoms with Crippen LogP contribution in [0.2, 0.25) is 0 Å². The summed E-state index contributed by atoms with van der Waals surface area (Å²) in [6.07, 6.45) is -5.14. The van der Waals surface area contributed by atoms with Crippen LogP contribution in [0.25, 0.3) is 0 Å². The van der Waals surface area contributed by atoms with Gasteiger partial charge in [-0.3, -0.25) is 10.1 Å². The zero-order valence-corrected chi connectivity index (χ0v) is 13.4. The number of ether oxygens (including phenoxy) is 2. The molecular weight excluding hydrogens is 338 g/mol. The van der Waals surface area contributed by atoms with Crippen molar-refractivity contribution in [2.45, 2.75) is 43.2 Å². The first kappa shape index (κ1) is 19.3. The fourth-order valence-electron chi connectivity index (χ4n) is 2.57. The summed E-state index contributed by atoms with van der Waals surface area (Å²) in [6, 6.07) is -1.07. The summed E-state index contributed by atoms with van der Waals surface area (Å²) >= 11 is 0. The molecule has 25 heavy (non-hydrogen) atoms. The molecule has 0 aromatic rings. The van der Waals surface area contributed by atoms with Crippen LogP contribution in [0.3, 0.4) is 0 Å². The molecular formula is C13H24N5O7+. The molecule has 142 valence electrons. The molecule has 1 fully saturated rings. The Bertz CT molecular complexity index is 531. The zero-order chi connectivity index (χ0) is 18.6. The average molecular weight is 362 g/mol. The predicted molar refractivity (Wildman–Crippen MR) is 82.1 cm³/mol. The number of hydrogen-bond acceptors (Lipinski definition) is 9. The number of aliphatic hydroxyl groups is 3. The van der Waals surface area contributed by atoms with E-state index in [-0.39, 0.29) is 6.61 Å². The van der Waals surface area contributed by atoms with Gasteiger partial charge in [-0.25, -0.2) is 9.37 Å². The fourth-order valence-corrected chi connectivity index (χ4v) is 2.57. The van der Waals surface area contributed by atoms with Crippen LogP contribution in [0.15, 0.2) is 0 Å². The Hall–Kier alpha value is -1.99. The molecule has 0 aliphatic carbocycles. The van der Waals surface area contributed by atoms with Gasteiger partial charge < -0.3 is 41.6 Å². The molecule has 2 aliphatic heterocycles. The normalized spacial score (nSPS) is 34.3. The number of nitrogens with zero attached hydrogens (tertiary/aromatic N) is 1. The monoisotopic (exact) mass is 362 g/mol. The van der Waals surface area contributed by atoms with Crippen molar-refractivity contribution in [2.24, 2.45) is 11.5 Å². The van der Waals surface area contributed by atoms with E-state index < -0.39 is 48.8 Å². The van der Waals surface area contributed by atoms with Gasteiger partial charge in [0.2, 0.25) is 24.8 Å². The molecule has 0 radical (unpaired) electrons. The zero-order valence-electron chi connectivity index (χ0n) is 13.4. The number of hydrogen-bond donors (Lipinski definition) is 7. The largest absolute Gasteiger partial charge is 0.447 e. The average Bonchev–Trinajstić information content (AvgIpc) is 3.07. The number of carbonyl (C=O) groups excluding carboxylic acids is 2. The number of rotatable bonds is 7. The Morgan fingerprint density at radius 3 is 2.64 bits per heavy atom. The van der Waals surface area contributed by atoms with Gasteiger partial charge in [0.05, 0.1) is 0 Å². The number of aliphatic hydroxyl groups excluding tert-OH is 3. The predicted octanol–water partition coefficient (Wildman–Crippen LogP) is -4.68. The SMILES string of the molecule is NCCCNC(=O)OC[C@H]1O[C@@H]([N+]2=CNC(C(N)=O)C2O)[C@H](O)[C@@H]1O. The van der Waals surface area contributed by atoms with Crippen molar-refractivity contribution in [1.29, 1.82) is 0 Å². The third-order valence-corrected chi connectivity index (χ3v) is 3.97. The number of carbonyl (C=O) groups is 2. The molecule has 0 bridgehead atoms. The van der Waals surface area contributed by atoms with Crippen LogP contribution in [0.5, 0.6) is 0 Å². The molecule has 0 saturated carbocycles. The minimum atomic E-state index is -1.40. The van der Waals surface area contributed by atoms with E-state index in [0.29, 0.717) is 19.5 Å². The fraction of sp³-hybridized carbons (Fsp3) is 0.769. The molecule has 12 nitrogen and oxygen atoms in total. The van der Waals surface area contributed by atoms with Gasteiger partial charge in [0.25, 0.3) is 5.91 Å². The Balaban J connectivity index is 1.88. The second-order valence-corrected chi connectivity index (χ2v) is 5.75. The molecule has 0 spiro atoms. The molecule has 2 heterocycles. The summed E-state index contributed by atoms with van der Waals surface area (Å²) in [7, 11) is 0. The first-order chi connectivity index (χ1) is 11.9. The topological polar surface area (TPSA) is 192 Å². The van der Waals surface area contributed by atoms with Gasteiger partial charge in [-0.2, -0.15) is 0 Å². The van der Waals surface area contributed by atoms with Crippen molar-refractivity contribution in [1.82, 2.24) is 10.6 Å². The number of primary amides is 1. The van der Waals surface area contributed by atoms with E-state index in [0.717, 1.165) is 4.58 Å². The van der Waals surface area contributed by atoms with Crippen molar-refractivity contribution >= 4 is 18.3 Å². The molecule has 6 atom stereocenters. The first-order valence-electron chi connectivity index (χ1n) is 7.83. The molecule has 0 aromatic carbocycles. The second-order valence-electron chi connectivity index (χ2n) is 5.75. The molecule has 2 amide bonds. The van der Waals surface area contributed by atoms with Gasteiger partial charge >= 0.3 is 6.09 Å². The van der Waals surface area contributed by atoms with Crippen LogP contribution >= 0.6 is 0 Å². The van der Waals surface area contributed by atoms with Crippen LogP contribution in [-0.4, -0.2) is 94.7 Å². The van der Waals surface area contributed by atoms with E-state index >= 15 is 0 Å². The highest BCUT2D eigenvalue weighted by Crippen LogP contribution is 2.24. The summed E-state index contributed by atoms with van der Waals surface area (Å²) in [6.45, 7) is 0.469. The van der Waals surface area contributed by atoms with Crippen LogP contribution in [-0.2, 0) is 14.3 Å². The van der Waals surface area contributed by atoms with Crippen molar-refractivity contribution in [3.63, 3.8) is 0 Å². The van der Waals surface area contributed by atoms with Gasteiger partial charge in [-0.15, -0.1) is 0 Å². The standard InChI is InChI=1S/C13H23N5O7/c14-2-1-3-16-13(23)24-4-6-8(19)9(20)12(25-6)18-5-17-7(10(15)21)11(18)22/h5-9,11-12,19-20,22H,1-4,14H2,(H3,15,16,21,23)/p+1/t6-,7?,8-,9-,11?,12-/m1/s1. The van der Waals surface area contributed by atoms with Crippen molar-refractivity contribution < 1.29 is 39.0 Å². The van der Waals surface area contributed by atoms with Crippen LogP contribution < -0.4 is 22.1 Å². The van der Waals surface area contributed by atoms with E-state index in [9.17, 15) is 24.9 Å². The summed E-state index contributed by atoms with van der Waals surface area (Å²) in [5.41, 5.74) is 10.4. The van der Waals surface area contributed by atoms with E-state index in [2.05, 4.69) is 10.6 Å². The second kappa shape index (κ2) is 8.40. The molecule has 2 unspecified atom stereocenters. The maximum atomic E-state index is 11.5. The van der Waals surface area contributed by atoms with E-state index in [1.807, 2.05) is 0 Å². The summed E-state index contributed by atoms with van der Waals surface area (Å²) in [4.78, 5) is 22.7. The smallest absolute Gasteiger partial charge is 0.407 e.